The first-order valence-corrected chi connectivity index (χ1v) is 6.84. The Kier molecular flexibility index (Phi) is 4.44. The molecule has 18 heavy (non-hydrogen) atoms. The summed E-state index contributed by atoms with van der Waals surface area (Å²) in [7, 11) is 1.38. The van der Waals surface area contributed by atoms with E-state index in [4.69, 9.17) is 4.74 Å². The molecule has 2 rings (SSSR count). The van der Waals surface area contributed by atoms with Crippen molar-refractivity contribution in [2.24, 2.45) is 5.92 Å². The number of piperidine rings is 1. The molecular formula is C13H22N2O3. The number of hydrogen-bond donors (Lipinski definition) is 1. The molecule has 1 heterocycles. The molecule has 1 aliphatic carbocycles. The highest BCUT2D eigenvalue weighted by molar-refractivity contribution is 5.80. The molecule has 2 amide bonds. The highest BCUT2D eigenvalue weighted by Gasteiger charge is 2.30. The van der Waals surface area contributed by atoms with Gasteiger partial charge in [-0.25, -0.2) is 4.79 Å². The molecule has 0 aromatic carbocycles. The second-order valence-electron chi connectivity index (χ2n) is 5.25. The number of carbonyl (C=O) groups is 2. The fourth-order valence-corrected chi connectivity index (χ4v) is 2.88. The maximum Gasteiger partial charge on any atom is 0.409 e. The SMILES string of the molecule is COC(=O)N1CCCC(C(=O)NC2CCCC2)C1. The average molecular weight is 254 g/mol. The number of ether oxygens (including phenoxy) is 1. The fourth-order valence-electron chi connectivity index (χ4n) is 2.88. The monoisotopic (exact) mass is 254 g/mol. The standard InChI is InChI=1S/C13H22N2O3/c1-18-13(17)15-8-4-5-10(9-15)12(16)14-11-6-2-3-7-11/h10-11H,2-9H2,1H3,(H,14,16). The van der Waals surface area contributed by atoms with Crippen molar-refractivity contribution in [2.45, 2.75) is 44.6 Å². The molecule has 102 valence electrons. The molecule has 1 aliphatic heterocycles. The Morgan fingerprint density at radius 3 is 2.56 bits per heavy atom. The summed E-state index contributed by atoms with van der Waals surface area (Å²) in [6, 6.07) is 0.353. The number of methoxy groups -OCH3 is 1. The van der Waals surface area contributed by atoms with Crippen LogP contribution in [-0.2, 0) is 9.53 Å². The van der Waals surface area contributed by atoms with Gasteiger partial charge in [-0.3, -0.25) is 4.79 Å². The van der Waals surface area contributed by atoms with E-state index in [1.54, 1.807) is 4.90 Å². The highest BCUT2D eigenvalue weighted by Crippen LogP contribution is 2.21. The molecule has 0 bridgehead atoms. The second-order valence-corrected chi connectivity index (χ2v) is 5.25. The number of rotatable bonds is 2. The van der Waals surface area contributed by atoms with Crippen molar-refractivity contribution in [1.82, 2.24) is 10.2 Å². The Bertz CT molecular complexity index is 313. The number of amides is 2. The van der Waals surface area contributed by atoms with Crippen molar-refractivity contribution in [3.05, 3.63) is 0 Å². The molecule has 0 radical (unpaired) electrons. The lowest BCUT2D eigenvalue weighted by atomic mass is 9.97. The summed E-state index contributed by atoms with van der Waals surface area (Å²) in [6.45, 7) is 1.19. The normalized spacial score (nSPS) is 24.9. The van der Waals surface area contributed by atoms with Crippen LogP contribution in [0.2, 0.25) is 0 Å². The zero-order valence-corrected chi connectivity index (χ0v) is 11.0. The molecule has 0 aromatic heterocycles. The van der Waals surface area contributed by atoms with E-state index in [0.717, 1.165) is 25.7 Å². The Hall–Kier alpha value is -1.26. The molecule has 1 unspecified atom stereocenters. The summed E-state index contributed by atoms with van der Waals surface area (Å²) in [5, 5.41) is 3.11. The summed E-state index contributed by atoms with van der Waals surface area (Å²) < 4.78 is 4.71. The maximum absolute atomic E-state index is 12.1. The van der Waals surface area contributed by atoms with Crippen molar-refractivity contribution in [1.29, 1.82) is 0 Å². The van der Waals surface area contributed by atoms with Crippen LogP contribution in [0.5, 0.6) is 0 Å². The molecule has 1 saturated carbocycles. The number of hydrogen-bond acceptors (Lipinski definition) is 3. The number of carbonyl (C=O) groups excluding carboxylic acids is 2. The van der Waals surface area contributed by atoms with E-state index in [-0.39, 0.29) is 17.9 Å². The van der Waals surface area contributed by atoms with Crippen molar-refractivity contribution < 1.29 is 14.3 Å². The van der Waals surface area contributed by atoms with Crippen LogP contribution in [0.15, 0.2) is 0 Å². The van der Waals surface area contributed by atoms with Gasteiger partial charge in [-0.1, -0.05) is 12.8 Å². The maximum atomic E-state index is 12.1. The first-order valence-electron chi connectivity index (χ1n) is 6.84. The van der Waals surface area contributed by atoms with Crippen molar-refractivity contribution in [2.75, 3.05) is 20.2 Å². The predicted octanol–water partition coefficient (Wildman–Crippen LogP) is 1.52. The quantitative estimate of drug-likeness (QED) is 0.813. The van der Waals surface area contributed by atoms with Gasteiger partial charge in [-0.05, 0) is 25.7 Å². The van der Waals surface area contributed by atoms with Gasteiger partial charge in [0.25, 0.3) is 0 Å². The zero-order chi connectivity index (χ0) is 13.0. The van der Waals surface area contributed by atoms with E-state index in [2.05, 4.69) is 5.32 Å². The van der Waals surface area contributed by atoms with E-state index in [1.165, 1.54) is 20.0 Å². The molecule has 0 spiro atoms. The summed E-state index contributed by atoms with van der Waals surface area (Å²) >= 11 is 0. The molecule has 2 aliphatic rings. The van der Waals surface area contributed by atoms with E-state index in [0.29, 0.717) is 19.1 Å². The highest BCUT2D eigenvalue weighted by atomic mass is 16.5. The van der Waals surface area contributed by atoms with Gasteiger partial charge in [-0.2, -0.15) is 0 Å². The van der Waals surface area contributed by atoms with Gasteiger partial charge in [0.05, 0.1) is 13.0 Å². The third-order valence-corrected chi connectivity index (χ3v) is 3.93. The minimum Gasteiger partial charge on any atom is -0.453 e. The lowest BCUT2D eigenvalue weighted by Crippen LogP contribution is -2.47. The molecule has 2 fully saturated rings. The van der Waals surface area contributed by atoms with Crippen LogP contribution in [0.3, 0.4) is 0 Å². The minimum atomic E-state index is -0.326. The van der Waals surface area contributed by atoms with Crippen LogP contribution >= 0.6 is 0 Å². The Morgan fingerprint density at radius 1 is 1.17 bits per heavy atom. The molecular weight excluding hydrogens is 232 g/mol. The predicted molar refractivity (Wildman–Crippen MR) is 67.1 cm³/mol. The van der Waals surface area contributed by atoms with Gasteiger partial charge in [-0.15, -0.1) is 0 Å². The van der Waals surface area contributed by atoms with Crippen LogP contribution in [0.4, 0.5) is 4.79 Å². The number of nitrogens with one attached hydrogen (secondary N) is 1. The smallest absolute Gasteiger partial charge is 0.409 e. The summed E-state index contributed by atoms with van der Waals surface area (Å²) in [4.78, 5) is 25.2. The molecule has 5 nitrogen and oxygen atoms in total. The van der Waals surface area contributed by atoms with Crippen LogP contribution in [0.1, 0.15) is 38.5 Å². The van der Waals surface area contributed by atoms with Crippen molar-refractivity contribution in [3.63, 3.8) is 0 Å². The lowest BCUT2D eigenvalue weighted by Gasteiger charge is -2.31. The Balaban J connectivity index is 1.83. The number of nitrogens with zero attached hydrogens (tertiary/aromatic N) is 1. The molecule has 1 N–H and O–H groups in total. The second kappa shape index (κ2) is 6.07. The minimum absolute atomic E-state index is 0.0709. The summed E-state index contributed by atoms with van der Waals surface area (Å²) in [6.07, 6.45) is 6.03. The number of likely N-dealkylation sites (tertiary alicyclic amines) is 1. The van der Waals surface area contributed by atoms with E-state index in [1.807, 2.05) is 0 Å². The van der Waals surface area contributed by atoms with Crippen LogP contribution < -0.4 is 5.32 Å². The topological polar surface area (TPSA) is 58.6 Å². The Morgan fingerprint density at radius 2 is 1.89 bits per heavy atom. The largest absolute Gasteiger partial charge is 0.453 e. The van der Waals surface area contributed by atoms with Gasteiger partial charge >= 0.3 is 6.09 Å². The van der Waals surface area contributed by atoms with Gasteiger partial charge in [0, 0.05) is 19.1 Å². The van der Waals surface area contributed by atoms with E-state index >= 15 is 0 Å². The van der Waals surface area contributed by atoms with Gasteiger partial charge in [0.1, 0.15) is 0 Å². The molecule has 0 aromatic rings. The van der Waals surface area contributed by atoms with Gasteiger partial charge in [0.15, 0.2) is 0 Å². The third-order valence-electron chi connectivity index (χ3n) is 3.93. The van der Waals surface area contributed by atoms with Crippen molar-refractivity contribution in [3.8, 4) is 0 Å². The molecule has 1 atom stereocenters. The van der Waals surface area contributed by atoms with Crippen LogP contribution in [0.25, 0.3) is 0 Å². The van der Waals surface area contributed by atoms with Gasteiger partial charge in [0.2, 0.25) is 5.91 Å². The van der Waals surface area contributed by atoms with Crippen LogP contribution in [0, 0.1) is 5.92 Å². The third kappa shape index (κ3) is 3.15. The Labute approximate surface area is 108 Å². The summed E-state index contributed by atoms with van der Waals surface area (Å²) in [5.74, 6) is 0.0361. The first-order chi connectivity index (χ1) is 8.70. The van der Waals surface area contributed by atoms with Gasteiger partial charge < -0.3 is 15.0 Å². The summed E-state index contributed by atoms with van der Waals surface area (Å²) in [5.41, 5.74) is 0. The van der Waals surface area contributed by atoms with Crippen molar-refractivity contribution >= 4 is 12.0 Å². The van der Waals surface area contributed by atoms with E-state index < -0.39 is 0 Å². The van der Waals surface area contributed by atoms with Crippen LogP contribution in [-0.4, -0.2) is 43.1 Å². The van der Waals surface area contributed by atoms with E-state index in [9.17, 15) is 9.59 Å². The first kappa shape index (κ1) is 13.2. The molecule has 5 heteroatoms. The zero-order valence-electron chi connectivity index (χ0n) is 11.0. The fraction of sp³-hybridized carbons (Fsp3) is 0.846. The lowest BCUT2D eigenvalue weighted by molar-refractivity contribution is -0.127. The average Bonchev–Trinajstić information content (AvgIpc) is 2.90. The molecule has 1 saturated heterocycles.